The minimum absolute atomic E-state index is 0.161. The molecule has 2 aliphatic rings. The number of pyridine rings is 1. The molecule has 2 saturated heterocycles. The number of amides is 1. The van der Waals surface area contributed by atoms with Gasteiger partial charge >= 0.3 is 0 Å². The predicted molar refractivity (Wildman–Crippen MR) is 93.8 cm³/mol. The van der Waals surface area contributed by atoms with Crippen LogP contribution < -0.4 is 5.43 Å². The molecule has 2 aromatic rings. The number of aromatic nitrogens is 1. The number of nitrogens with one attached hydrogen (secondary N) is 1. The fourth-order valence-corrected chi connectivity index (χ4v) is 4.08. The number of rotatable bonds is 3. The summed E-state index contributed by atoms with van der Waals surface area (Å²) < 4.78 is 13.3. The van der Waals surface area contributed by atoms with Gasteiger partial charge in [-0.15, -0.1) is 0 Å². The van der Waals surface area contributed by atoms with Crippen molar-refractivity contribution in [2.75, 3.05) is 19.6 Å². The van der Waals surface area contributed by atoms with Crippen molar-refractivity contribution in [3.63, 3.8) is 0 Å². The Morgan fingerprint density at radius 1 is 1.16 bits per heavy atom. The Bertz CT molecular complexity index is 863. The van der Waals surface area contributed by atoms with Crippen LogP contribution in [0.25, 0.3) is 10.9 Å². The summed E-state index contributed by atoms with van der Waals surface area (Å²) in [6.45, 7) is 3.31. The smallest absolute Gasteiger partial charge is 0.222 e. The second-order valence-electron chi connectivity index (χ2n) is 7.07. The molecule has 3 heterocycles. The maximum atomic E-state index is 13.3. The highest BCUT2D eigenvalue weighted by Gasteiger charge is 2.31. The first-order chi connectivity index (χ1) is 12.1. The summed E-state index contributed by atoms with van der Waals surface area (Å²) in [7, 11) is 0. The van der Waals surface area contributed by atoms with Crippen LogP contribution in [0.5, 0.6) is 0 Å². The Morgan fingerprint density at radius 2 is 2.04 bits per heavy atom. The maximum Gasteiger partial charge on any atom is 0.222 e. The highest BCUT2D eigenvalue weighted by atomic mass is 19.1. The van der Waals surface area contributed by atoms with Gasteiger partial charge in [-0.2, -0.15) is 0 Å². The molecule has 1 aromatic heterocycles. The standard InChI is InChI=1S/C19H22FN3O2/c20-13-5-6-17-16(9-13)18(24)10-14(21-17)11-22-7-1-3-15(12-22)23-8-2-4-19(23)25/h5-6,9-10,15H,1-4,7-8,11-12H2,(H,21,24)/t15-/m0/s1. The molecule has 1 N–H and O–H groups in total. The molecule has 0 spiro atoms. The van der Waals surface area contributed by atoms with Gasteiger partial charge < -0.3 is 9.88 Å². The van der Waals surface area contributed by atoms with Crippen LogP contribution in [0.2, 0.25) is 0 Å². The third kappa shape index (κ3) is 3.31. The van der Waals surface area contributed by atoms with Gasteiger partial charge in [0.15, 0.2) is 5.43 Å². The van der Waals surface area contributed by atoms with Crippen LogP contribution in [0.4, 0.5) is 4.39 Å². The van der Waals surface area contributed by atoms with Crippen molar-refractivity contribution in [3.8, 4) is 0 Å². The molecular weight excluding hydrogens is 321 g/mol. The Labute approximate surface area is 145 Å². The van der Waals surface area contributed by atoms with E-state index in [1.54, 1.807) is 12.1 Å². The zero-order valence-corrected chi connectivity index (χ0v) is 14.1. The van der Waals surface area contributed by atoms with E-state index >= 15 is 0 Å². The van der Waals surface area contributed by atoms with E-state index in [0.717, 1.165) is 44.6 Å². The van der Waals surface area contributed by atoms with Crippen molar-refractivity contribution in [1.29, 1.82) is 0 Å². The fourth-order valence-electron chi connectivity index (χ4n) is 4.08. The molecule has 132 valence electrons. The topological polar surface area (TPSA) is 56.4 Å². The average Bonchev–Trinajstić information content (AvgIpc) is 3.02. The van der Waals surface area contributed by atoms with Gasteiger partial charge in [-0.05, 0) is 44.0 Å². The molecule has 2 fully saturated rings. The number of likely N-dealkylation sites (tertiary alicyclic amines) is 2. The molecule has 25 heavy (non-hydrogen) atoms. The number of carbonyl (C=O) groups is 1. The number of aromatic amines is 1. The lowest BCUT2D eigenvalue weighted by Crippen LogP contribution is -2.48. The molecule has 0 unspecified atom stereocenters. The number of hydrogen-bond donors (Lipinski definition) is 1. The zero-order chi connectivity index (χ0) is 17.4. The second kappa shape index (κ2) is 6.59. The van der Waals surface area contributed by atoms with E-state index in [1.165, 1.54) is 12.1 Å². The van der Waals surface area contributed by atoms with Gasteiger partial charge in [-0.3, -0.25) is 14.5 Å². The number of piperidine rings is 1. The van der Waals surface area contributed by atoms with E-state index in [9.17, 15) is 14.0 Å². The minimum Gasteiger partial charge on any atom is -0.357 e. The molecule has 6 heteroatoms. The van der Waals surface area contributed by atoms with E-state index in [2.05, 4.69) is 9.88 Å². The van der Waals surface area contributed by atoms with Crippen LogP contribution in [0.1, 0.15) is 31.4 Å². The zero-order valence-electron chi connectivity index (χ0n) is 14.1. The van der Waals surface area contributed by atoms with Gasteiger partial charge in [0.2, 0.25) is 5.91 Å². The van der Waals surface area contributed by atoms with E-state index in [-0.39, 0.29) is 17.4 Å². The van der Waals surface area contributed by atoms with Crippen molar-refractivity contribution in [3.05, 3.63) is 46.0 Å². The van der Waals surface area contributed by atoms with Crippen LogP contribution in [-0.2, 0) is 11.3 Å². The Balaban J connectivity index is 1.51. The molecule has 1 amide bonds. The molecule has 1 aromatic carbocycles. The lowest BCUT2D eigenvalue weighted by atomic mass is 10.0. The number of carbonyl (C=O) groups excluding carboxylic acids is 1. The highest BCUT2D eigenvalue weighted by molar-refractivity contribution is 5.79. The first kappa shape index (κ1) is 16.3. The number of benzene rings is 1. The van der Waals surface area contributed by atoms with Crippen molar-refractivity contribution >= 4 is 16.8 Å². The summed E-state index contributed by atoms with van der Waals surface area (Å²) in [6, 6.07) is 6.08. The van der Waals surface area contributed by atoms with Crippen molar-refractivity contribution in [2.45, 2.75) is 38.3 Å². The van der Waals surface area contributed by atoms with Gasteiger partial charge in [0.1, 0.15) is 5.82 Å². The van der Waals surface area contributed by atoms with Crippen LogP contribution in [-0.4, -0.2) is 46.4 Å². The van der Waals surface area contributed by atoms with Gasteiger partial charge in [0.25, 0.3) is 0 Å². The number of halogens is 1. The van der Waals surface area contributed by atoms with Crippen LogP contribution >= 0.6 is 0 Å². The molecule has 4 rings (SSSR count). The maximum absolute atomic E-state index is 13.3. The summed E-state index contributed by atoms with van der Waals surface area (Å²) in [5, 5.41) is 0.378. The lowest BCUT2D eigenvalue weighted by molar-refractivity contribution is -0.130. The fraction of sp³-hybridized carbons (Fsp3) is 0.474. The number of H-pyrrole nitrogens is 1. The summed E-state index contributed by atoms with van der Waals surface area (Å²) in [4.78, 5) is 31.8. The van der Waals surface area contributed by atoms with E-state index in [4.69, 9.17) is 0 Å². The van der Waals surface area contributed by atoms with E-state index < -0.39 is 5.82 Å². The third-order valence-electron chi connectivity index (χ3n) is 5.27. The molecule has 0 bridgehead atoms. The van der Waals surface area contributed by atoms with Crippen LogP contribution in [0.3, 0.4) is 0 Å². The Hall–Kier alpha value is -2.21. The van der Waals surface area contributed by atoms with E-state index in [1.807, 2.05) is 4.90 Å². The van der Waals surface area contributed by atoms with Crippen molar-refractivity contribution in [1.82, 2.24) is 14.8 Å². The van der Waals surface area contributed by atoms with Crippen LogP contribution in [0, 0.1) is 5.82 Å². The molecule has 1 atom stereocenters. The summed E-state index contributed by atoms with van der Waals surface area (Å²) in [5.74, 6) is -0.132. The average molecular weight is 343 g/mol. The summed E-state index contributed by atoms with van der Waals surface area (Å²) in [5.41, 5.74) is 1.33. The Kier molecular flexibility index (Phi) is 4.29. The first-order valence-electron chi connectivity index (χ1n) is 8.93. The normalized spacial score (nSPS) is 22.0. The Morgan fingerprint density at radius 3 is 2.84 bits per heavy atom. The first-order valence-corrected chi connectivity index (χ1v) is 8.93. The van der Waals surface area contributed by atoms with Crippen LogP contribution in [0.15, 0.2) is 29.1 Å². The van der Waals surface area contributed by atoms with Crippen molar-refractivity contribution in [2.24, 2.45) is 0 Å². The molecule has 2 aliphatic heterocycles. The number of nitrogens with zero attached hydrogens (tertiary/aromatic N) is 2. The molecule has 0 saturated carbocycles. The van der Waals surface area contributed by atoms with Crippen molar-refractivity contribution < 1.29 is 9.18 Å². The molecule has 0 aliphatic carbocycles. The quantitative estimate of drug-likeness (QED) is 0.930. The SMILES string of the molecule is O=C1CCCN1[C@H]1CCCN(Cc2cc(=O)c3cc(F)ccc3[nH]2)C1. The number of fused-ring (bicyclic) bond motifs is 1. The lowest BCUT2D eigenvalue weighted by Gasteiger charge is -2.37. The van der Waals surface area contributed by atoms with Gasteiger partial charge in [-0.1, -0.05) is 0 Å². The monoisotopic (exact) mass is 343 g/mol. The molecule has 5 nitrogen and oxygen atoms in total. The predicted octanol–water partition coefficient (Wildman–Crippen LogP) is 2.25. The molecule has 0 radical (unpaired) electrons. The molecular formula is C19H22FN3O2. The van der Waals surface area contributed by atoms with E-state index in [0.29, 0.717) is 23.9 Å². The largest absolute Gasteiger partial charge is 0.357 e. The second-order valence-corrected chi connectivity index (χ2v) is 7.07. The van der Waals surface area contributed by atoms with Gasteiger partial charge in [-0.25, -0.2) is 4.39 Å². The third-order valence-corrected chi connectivity index (χ3v) is 5.27. The highest BCUT2D eigenvalue weighted by Crippen LogP contribution is 2.22. The van der Waals surface area contributed by atoms with Gasteiger partial charge in [0.05, 0.1) is 0 Å². The number of hydrogen-bond acceptors (Lipinski definition) is 3. The van der Waals surface area contributed by atoms with Gasteiger partial charge in [0, 0.05) is 54.8 Å². The summed E-state index contributed by atoms with van der Waals surface area (Å²) in [6.07, 6.45) is 3.74. The summed E-state index contributed by atoms with van der Waals surface area (Å²) >= 11 is 0. The minimum atomic E-state index is -0.403.